The monoisotopic (exact) mass is 461 g/mol. The van der Waals surface area contributed by atoms with Gasteiger partial charge in [-0.25, -0.2) is 18.5 Å². The van der Waals surface area contributed by atoms with Gasteiger partial charge in [0.15, 0.2) is 0 Å². The number of halogens is 1. The fourth-order valence-electron chi connectivity index (χ4n) is 3.44. The molecule has 1 aliphatic heterocycles. The lowest BCUT2D eigenvalue weighted by molar-refractivity contribution is -0.129. The summed E-state index contributed by atoms with van der Waals surface area (Å²) in [6, 6.07) is 13.7. The number of sulfonamides is 1. The van der Waals surface area contributed by atoms with E-state index in [0.29, 0.717) is 5.02 Å². The van der Waals surface area contributed by atoms with Crippen molar-refractivity contribution in [2.45, 2.75) is 24.2 Å². The van der Waals surface area contributed by atoms with E-state index in [9.17, 15) is 13.2 Å². The third kappa shape index (κ3) is 4.57. The maximum atomic E-state index is 12.6. The minimum absolute atomic E-state index is 0.0493. The van der Waals surface area contributed by atoms with Crippen molar-refractivity contribution in [3.05, 3.63) is 58.6 Å². The second-order valence-corrected chi connectivity index (χ2v) is 10.2. The molecule has 156 valence electrons. The highest BCUT2D eigenvalue weighted by Gasteiger charge is 2.22. The zero-order valence-electron chi connectivity index (χ0n) is 16.0. The summed E-state index contributed by atoms with van der Waals surface area (Å²) in [7, 11) is -3.77. The van der Waals surface area contributed by atoms with Crippen LogP contribution in [0, 0.1) is 0 Å². The zero-order valence-corrected chi connectivity index (χ0v) is 18.4. The van der Waals surface area contributed by atoms with Crippen molar-refractivity contribution in [1.82, 2.24) is 9.88 Å². The van der Waals surface area contributed by atoms with Crippen LogP contribution in [-0.2, 0) is 21.2 Å². The Morgan fingerprint density at radius 3 is 2.23 bits per heavy atom. The van der Waals surface area contributed by atoms with Crippen LogP contribution >= 0.6 is 22.9 Å². The van der Waals surface area contributed by atoms with Crippen LogP contribution < -0.4 is 5.14 Å². The van der Waals surface area contributed by atoms with Crippen LogP contribution in [0.25, 0.3) is 21.7 Å². The van der Waals surface area contributed by atoms with E-state index in [0.717, 1.165) is 52.6 Å². The van der Waals surface area contributed by atoms with Gasteiger partial charge in [0.25, 0.3) is 0 Å². The van der Waals surface area contributed by atoms with Crippen LogP contribution in [0.5, 0.6) is 0 Å². The average molecular weight is 462 g/mol. The summed E-state index contributed by atoms with van der Waals surface area (Å²) < 4.78 is 23.1. The highest BCUT2D eigenvalue weighted by Crippen LogP contribution is 2.38. The van der Waals surface area contributed by atoms with E-state index in [-0.39, 0.29) is 17.2 Å². The Balaban J connectivity index is 1.72. The number of carbonyl (C=O) groups is 1. The van der Waals surface area contributed by atoms with Crippen LogP contribution in [0.2, 0.25) is 5.02 Å². The molecule has 6 nitrogen and oxygen atoms in total. The van der Waals surface area contributed by atoms with Crippen molar-refractivity contribution in [2.75, 3.05) is 13.1 Å². The molecule has 1 amide bonds. The van der Waals surface area contributed by atoms with Crippen molar-refractivity contribution < 1.29 is 13.2 Å². The number of primary sulfonamides is 1. The number of benzene rings is 2. The maximum absolute atomic E-state index is 12.6. The number of thiazole rings is 1. The van der Waals surface area contributed by atoms with Gasteiger partial charge in [-0.2, -0.15) is 0 Å². The van der Waals surface area contributed by atoms with Gasteiger partial charge in [0.1, 0.15) is 5.01 Å². The number of nitrogens with two attached hydrogens (primary N) is 1. The SMILES string of the molecule is NS(=O)(=O)c1ccc(-c2sc(CC(=O)N3CCCC3)nc2-c2ccc(Cl)cc2)cc1. The van der Waals surface area contributed by atoms with Gasteiger partial charge in [0.05, 0.1) is 21.9 Å². The maximum Gasteiger partial charge on any atom is 0.238 e. The fourth-order valence-corrected chi connectivity index (χ4v) is 5.17. The minimum Gasteiger partial charge on any atom is -0.342 e. The molecule has 4 rings (SSSR count). The molecular weight excluding hydrogens is 442 g/mol. The van der Waals surface area contributed by atoms with E-state index in [1.54, 1.807) is 24.3 Å². The summed E-state index contributed by atoms with van der Waals surface area (Å²) in [5.41, 5.74) is 2.43. The van der Waals surface area contributed by atoms with E-state index >= 15 is 0 Å². The Morgan fingerprint density at radius 1 is 1.03 bits per heavy atom. The highest BCUT2D eigenvalue weighted by atomic mass is 35.5. The van der Waals surface area contributed by atoms with Crippen molar-refractivity contribution in [3.63, 3.8) is 0 Å². The number of rotatable bonds is 5. The third-order valence-electron chi connectivity index (χ3n) is 5.00. The Kier molecular flexibility index (Phi) is 5.92. The second-order valence-electron chi connectivity index (χ2n) is 7.13. The predicted octanol–water partition coefficient (Wildman–Crippen LogP) is 3.94. The van der Waals surface area contributed by atoms with Crippen LogP contribution in [0.1, 0.15) is 17.8 Å². The largest absolute Gasteiger partial charge is 0.342 e. The van der Waals surface area contributed by atoms with E-state index < -0.39 is 10.0 Å². The molecule has 0 spiro atoms. The van der Waals surface area contributed by atoms with E-state index in [1.807, 2.05) is 17.0 Å². The highest BCUT2D eigenvalue weighted by molar-refractivity contribution is 7.89. The second kappa shape index (κ2) is 8.47. The number of aromatic nitrogens is 1. The number of carbonyl (C=O) groups excluding carboxylic acids is 1. The van der Waals surface area contributed by atoms with E-state index in [2.05, 4.69) is 0 Å². The molecule has 0 aliphatic carbocycles. The van der Waals surface area contributed by atoms with E-state index in [1.165, 1.54) is 23.5 Å². The number of amides is 1. The summed E-state index contributed by atoms with van der Waals surface area (Å²) >= 11 is 7.47. The summed E-state index contributed by atoms with van der Waals surface area (Å²) in [5, 5.41) is 6.55. The molecule has 0 atom stereocenters. The van der Waals surface area contributed by atoms with Crippen molar-refractivity contribution in [2.24, 2.45) is 5.14 Å². The minimum atomic E-state index is -3.77. The van der Waals surface area contributed by atoms with Gasteiger partial charge in [0, 0.05) is 23.7 Å². The van der Waals surface area contributed by atoms with E-state index in [4.69, 9.17) is 21.7 Å². The van der Waals surface area contributed by atoms with Gasteiger partial charge in [-0.15, -0.1) is 11.3 Å². The predicted molar refractivity (Wildman–Crippen MR) is 119 cm³/mol. The number of nitrogens with zero attached hydrogens (tertiary/aromatic N) is 2. The molecule has 0 radical (unpaired) electrons. The molecule has 30 heavy (non-hydrogen) atoms. The molecule has 2 N–H and O–H groups in total. The zero-order chi connectivity index (χ0) is 21.3. The molecule has 2 aromatic carbocycles. The lowest BCUT2D eigenvalue weighted by Crippen LogP contribution is -2.28. The molecule has 1 saturated heterocycles. The molecule has 3 aromatic rings. The average Bonchev–Trinajstić information content (AvgIpc) is 3.38. The van der Waals surface area contributed by atoms with Crippen molar-refractivity contribution >= 4 is 38.9 Å². The molecule has 0 bridgehead atoms. The summed E-state index contributed by atoms with van der Waals surface area (Å²) in [6.07, 6.45) is 2.34. The molecule has 1 aromatic heterocycles. The molecule has 0 unspecified atom stereocenters. The summed E-state index contributed by atoms with van der Waals surface area (Å²) in [4.78, 5) is 20.1. The van der Waals surface area contributed by atoms with Gasteiger partial charge >= 0.3 is 0 Å². The van der Waals surface area contributed by atoms with Gasteiger partial charge < -0.3 is 4.90 Å². The first-order valence-corrected chi connectivity index (χ1v) is 12.2. The van der Waals surface area contributed by atoms with Gasteiger partial charge in [-0.3, -0.25) is 4.79 Å². The molecule has 0 saturated carbocycles. The molecule has 9 heteroatoms. The first-order valence-electron chi connectivity index (χ1n) is 9.48. The smallest absolute Gasteiger partial charge is 0.238 e. The van der Waals surface area contributed by atoms with Gasteiger partial charge in [-0.05, 0) is 42.7 Å². The Morgan fingerprint density at radius 2 is 1.63 bits per heavy atom. The topological polar surface area (TPSA) is 93.4 Å². The molecule has 1 fully saturated rings. The van der Waals surface area contributed by atoms with Crippen LogP contribution in [0.15, 0.2) is 53.4 Å². The number of likely N-dealkylation sites (tertiary alicyclic amines) is 1. The lowest BCUT2D eigenvalue weighted by Gasteiger charge is -2.13. The lowest BCUT2D eigenvalue weighted by atomic mass is 10.1. The first-order chi connectivity index (χ1) is 14.3. The van der Waals surface area contributed by atoms with Gasteiger partial charge in [0.2, 0.25) is 15.9 Å². The number of hydrogen-bond donors (Lipinski definition) is 1. The quantitative estimate of drug-likeness (QED) is 0.622. The molecule has 2 heterocycles. The Bertz CT molecular complexity index is 1170. The number of hydrogen-bond acceptors (Lipinski definition) is 5. The normalized spacial score (nSPS) is 14.3. The third-order valence-corrected chi connectivity index (χ3v) is 7.28. The van der Waals surface area contributed by atoms with Crippen LogP contribution in [0.3, 0.4) is 0 Å². The standard InChI is InChI=1S/C21H20ClN3O3S2/c22-16-7-3-14(4-8-16)20-21(15-5-9-17(10-6-15)30(23,27)28)29-18(24-20)13-19(26)25-11-1-2-12-25/h3-10H,1-2,11-13H2,(H2,23,27,28). The summed E-state index contributed by atoms with van der Waals surface area (Å²) in [5.74, 6) is 0.0834. The van der Waals surface area contributed by atoms with Crippen molar-refractivity contribution in [1.29, 1.82) is 0 Å². The van der Waals surface area contributed by atoms with Crippen LogP contribution in [0.4, 0.5) is 0 Å². The summed E-state index contributed by atoms with van der Waals surface area (Å²) in [6.45, 7) is 1.60. The van der Waals surface area contributed by atoms with Crippen LogP contribution in [-0.4, -0.2) is 37.3 Å². The Hall–Kier alpha value is -2.26. The van der Waals surface area contributed by atoms with Gasteiger partial charge in [-0.1, -0.05) is 35.9 Å². The van der Waals surface area contributed by atoms with Crippen molar-refractivity contribution in [3.8, 4) is 21.7 Å². The molecular formula is C21H20ClN3O3S2. The Labute approximate surface area is 184 Å². The first kappa shape index (κ1) is 21.0. The molecule has 1 aliphatic rings. The fraction of sp³-hybridized carbons (Fsp3) is 0.238.